The largest absolute Gasteiger partial charge is 0.324 e. The highest BCUT2D eigenvalue weighted by Gasteiger charge is 2.05. The monoisotopic (exact) mass is 317 g/mol. The summed E-state index contributed by atoms with van der Waals surface area (Å²) in [6.07, 6.45) is 1.81. The van der Waals surface area contributed by atoms with Crippen molar-refractivity contribution in [2.45, 2.75) is 13.8 Å². The zero-order valence-corrected chi connectivity index (χ0v) is 13.7. The Morgan fingerprint density at radius 3 is 2.12 bits per heavy atom. The summed E-state index contributed by atoms with van der Waals surface area (Å²) in [5, 5.41) is 6.41. The lowest BCUT2D eigenvalue weighted by Gasteiger charge is -2.09. The van der Waals surface area contributed by atoms with E-state index in [1.54, 1.807) is 6.08 Å². The number of nitrogens with one attached hydrogen (secondary N) is 2. The van der Waals surface area contributed by atoms with Crippen LogP contribution >= 0.6 is 0 Å². The molecule has 5 heteroatoms. The topological polar surface area (TPSA) is 62.7 Å². The Hall–Kier alpha value is -3.21. The molecule has 3 aromatic rings. The maximum absolute atomic E-state index is 4.43. The number of rotatable bonds is 5. The standard InChI is InChI=1S/C19H19N5/c1-4-15-8-10-16(11-9-15)22-18-20-14(3)21-19(24-18)23-17-7-5-6-13(2)12-17/h4-12H,1H2,2-3H3,(H2,20,21,22,23,24). The van der Waals surface area contributed by atoms with Crippen LogP contribution in [0.2, 0.25) is 0 Å². The van der Waals surface area contributed by atoms with Crippen LogP contribution in [-0.4, -0.2) is 15.0 Å². The lowest BCUT2D eigenvalue weighted by Crippen LogP contribution is -2.05. The van der Waals surface area contributed by atoms with Crippen molar-refractivity contribution in [2.75, 3.05) is 10.6 Å². The Morgan fingerprint density at radius 1 is 0.833 bits per heavy atom. The van der Waals surface area contributed by atoms with Crippen molar-refractivity contribution < 1.29 is 0 Å². The zero-order chi connectivity index (χ0) is 16.9. The molecule has 1 aromatic heterocycles. The minimum absolute atomic E-state index is 0.504. The van der Waals surface area contributed by atoms with E-state index in [9.17, 15) is 0 Å². The van der Waals surface area contributed by atoms with Gasteiger partial charge in [0.05, 0.1) is 0 Å². The number of hydrogen-bond acceptors (Lipinski definition) is 5. The highest BCUT2D eigenvalue weighted by molar-refractivity contribution is 5.60. The van der Waals surface area contributed by atoms with E-state index in [2.05, 4.69) is 32.2 Å². The highest BCUT2D eigenvalue weighted by atomic mass is 15.2. The molecule has 0 bridgehead atoms. The van der Waals surface area contributed by atoms with Gasteiger partial charge in [-0.25, -0.2) is 0 Å². The molecule has 0 aliphatic heterocycles. The van der Waals surface area contributed by atoms with Crippen LogP contribution in [0.1, 0.15) is 17.0 Å². The van der Waals surface area contributed by atoms with Crippen molar-refractivity contribution in [3.63, 3.8) is 0 Å². The van der Waals surface area contributed by atoms with Crippen molar-refractivity contribution in [1.29, 1.82) is 0 Å². The van der Waals surface area contributed by atoms with Gasteiger partial charge < -0.3 is 10.6 Å². The summed E-state index contributed by atoms with van der Waals surface area (Å²) in [6.45, 7) is 7.64. The molecule has 0 aliphatic carbocycles. The van der Waals surface area contributed by atoms with Gasteiger partial charge in [0, 0.05) is 11.4 Å². The van der Waals surface area contributed by atoms with Gasteiger partial charge in [-0.15, -0.1) is 0 Å². The average Bonchev–Trinajstić information content (AvgIpc) is 2.55. The van der Waals surface area contributed by atoms with Crippen LogP contribution < -0.4 is 10.6 Å². The predicted molar refractivity (Wildman–Crippen MR) is 98.8 cm³/mol. The van der Waals surface area contributed by atoms with Crippen LogP contribution in [0, 0.1) is 13.8 Å². The molecule has 1 heterocycles. The van der Waals surface area contributed by atoms with E-state index >= 15 is 0 Å². The van der Waals surface area contributed by atoms with E-state index < -0.39 is 0 Å². The van der Waals surface area contributed by atoms with Crippen molar-refractivity contribution in [2.24, 2.45) is 0 Å². The Bertz CT molecular complexity index is 856. The molecule has 0 radical (unpaired) electrons. The number of benzene rings is 2. The van der Waals surface area contributed by atoms with Gasteiger partial charge in [0.25, 0.3) is 0 Å². The molecule has 120 valence electrons. The van der Waals surface area contributed by atoms with Gasteiger partial charge in [-0.3, -0.25) is 0 Å². The third-order valence-electron chi connectivity index (χ3n) is 3.42. The van der Waals surface area contributed by atoms with Crippen LogP contribution in [0.15, 0.2) is 55.1 Å². The summed E-state index contributed by atoms with van der Waals surface area (Å²) in [5.41, 5.74) is 4.09. The summed E-state index contributed by atoms with van der Waals surface area (Å²) in [6, 6.07) is 15.9. The SMILES string of the molecule is C=Cc1ccc(Nc2nc(C)nc(Nc3cccc(C)c3)n2)cc1. The molecular weight excluding hydrogens is 298 g/mol. The second-order valence-corrected chi connectivity index (χ2v) is 5.48. The lowest BCUT2D eigenvalue weighted by molar-refractivity contribution is 0.989. The number of nitrogens with zero attached hydrogens (tertiary/aromatic N) is 3. The van der Waals surface area contributed by atoms with E-state index in [0.29, 0.717) is 17.7 Å². The Kier molecular flexibility index (Phi) is 4.52. The molecule has 0 saturated heterocycles. The smallest absolute Gasteiger partial charge is 0.232 e. The van der Waals surface area contributed by atoms with Crippen molar-refractivity contribution >= 4 is 29.3 Å². The molecular formula is C19H19N5. The van der Waals surface area contributed by atoms with Gasteiger partial charge in [-0.2, -0.15) is 15.0 Å². The summed E-state index contributed by atoms with van der Waals surface area (Å²) in [7, 11) is 0. The molecule has 0 saturated carbocycles. The summed E-state index contributed by atoms with van der Waals surface area (Å²) >= 11 is 0. The molecule has 5 nitrogen and oxygen atoms in total. The maximum Gasteiger partial charge on any atom is 0.232 e. The Labute approximate surface area is 141 Å². The first-order valence-corrected chi connectivity index (χ1v) is 7.68. The summed E-state index contributed by atoms with van der Waals surface area (Å²) in [4.78, 5) is 13.1. The maximum atomic E-state index is 4.43. The van der Waals surface area contributed by atoms with Gasteiger partial charge in [-0.1, -0.05) is 36.9 Å². The number of hydrogen-bond donors (Lipinski definition) is 2. The first kappa shape index (κ1) is 15.7. The quantitative estimate of drug-likeness (QED) is 0.719. The van der Waals surface area contributed by atoms with Gasteiger partial charge in [0.15, 0.2) is 0 Å². The normalized spacial score (nSPS) is 10.2. The van der Waals surface area contributed by atoms with Crippen LogP contribution in [0.3, 0.4) is 0 Å². The molecule has 3 rings (SSSR count). The molecule has 0 spiro atoms. The Morgan fingerprint density at radius 2 is 1.50 bits per heavy atom. The molecule has 0 amide bonds. The average molecular weight is 317 g/mol. The minimum atomic E-state index is 0.504. The van der Waals surface area contributed by atoms with E-state index in [4.69, 9.17) is 0 Å². The molecule has 0 atom stereocenters. The number of anilines is 4. The van der Waals surface area contributed by atoms with Crippen molar-refractivity contribution in [1.82, 2.24) is 15.0 Å². The second kappa shape index (κ2) is 6.91. The van der Waals surface area contributed by atoms with E-state index in [1.807, 2.05) is 62.4 Å². The van der Waals surface area contributed by atoms with Gasteiger partial charge in [-0.05, 0) is 49.2 Å². The first-order valence-electron chi connectivity index (χ1n) is 7.68. The lowest BCUT2D eigenvalue weighted by atomic mass is 10.2. The van der Waals surface area contributed by atoms with Crippen LogP contribution in [0.5, 0.6) is 0 Å². The minimum Gasteiger partial charge on any atom is -0.324 e. The summed E-state index contributed by atoms with van der Waals surface area (Å²) < 4.78 is 0. The van der Waals surface area contributed by atoms with Crippen molar-refractivity contribution in [3.8, 4) is 0 Å². The fourth-order valence-electron chi connectivity index (χ4n) is 2.28. The summed E-state index contributed by atoms with van der Waals surface area (Å²) in [5.74, 6) is 1.66. The van der Waals surface area contributed by atoms with Crippen LogP contribution in [-0.2, 0) is 0 Å². The fraction of sp³-hybridized carbons (Fsp3) is 0.105. The van der Waals surface area contributed by atoms with Crippen LogP contribution in [0.4, 0.5) is 23.3 Å². The molecule has 0 unspecified atom stereocenters. The molecule has 2 N–H and O–H groups in total. The third-order valence-corrected chi connectivity index (χ3v) is 3.42. The first-order chi connectivity index (χ1) is 11.6. The third kappa shape index (κ3) is 3.95. The fourth-order valence-corrected chi connectivity index (χ4v) is 2.28. The Balaban J connectivity index is 1.81. The van der Waals surface area contributed by atoms with Gasteiger partial charge in [0.2, 0.25) is 11.9 Å². The van der Waals surface area contributed by atoms with E-state index in [0.717, 1.165) is 16.9 Å². The van der Waals surface area contributed by atoms with Gasteiger partial charge >= 0.3 is 0 Å². The molecule has 0 aliphatic rings. The highest BCUT2D eigenvalue weighted by Crippen LogP contribution is 2.18. The predicted octanol–water partition coefficient (Wildman–Crippen LogP) is 4.62. The number of aromatic nitrogens is 3. The van der Waals surface area contributed by atoms with E-state index in [-0.39, 0.29) is 0 Å². The van der Waals surface area contributed by atoms with Crippen molar-refractivity contribution in [3.05, 3.63) is 72.1 Å². The zero-order valence-electron chi connectivity index (χ0n) is 13.7. The number of aryl methyl sites for hydroxylation is 2. The van der Waals surface area contributed by atoms with E-state index in [1.165, 1.54) is 5.56 Å². The molecule has 2 aromatic carbocycles. The second-order valence-electron chi connectivity index (χ2n) is 5.48. The van der Waals surface area contributed by atoms with Crippen LogP contribution in [0.25, 0.3) is 6.08 Å². The molecule has 24 heavy (non-hydrogen) atoms. The molecule has 0 fully saturated rings. The van der Waals surface area contributed by atoms with Gasteiger partial charge in [0.1, 0.15) is 5.82 Å².